The molecule has 0 radical (unpaired) electrons. The van der Waals surface area contributed by atoms with Crippen LogP contribution in [0.15, 0.2) is 71.2 Å². The molecule has 1 atom stereocenters. The summed E-state index contributed by atoms with van der Waals surface area (Å²) in [7, 11) is 3.86. The lowest BCUT2D eigenvalue weighted by Crippen LogP contribution is -2.41. The number of esters is 2. The summed E-state index contributed by atoms with van der Waals surface area (Å²) in [4.78, 5) is 27.6. The summed E-state index contributed by atoms with van der Waals surface area (Å²) in [5.74, 6) is -1.79. The van der Waals surface area contributed by atoms with E-state index in [1.165, 1.54) is 26.2 Å². The molecule has 0 spiro atoms. The first kappa shape index (κ1) is 24.6. The number of hydrogen-bond donors (Lipinski definition) is 1. The third-order valence-electron chi connectivity index (χ3n) is 5.92. The molecule has 10 nitrogen and oxygen atoms in total. The van der Waals surface area contributed by atoms with Crippen LogP contribution < -0.4 is 20.1 Å². The van der Waals surface area contributed by atoms with Gasteiger partial charge in [-0.25, -0.2) is 9.59 Å². The van der Waals surface area contributed by atoms with Crippen molar-refractivity contribution in [3.05, 3.63) is 76.8 Å². The van der Waals surface area contributed by atoms with Gasteiger partial charge in [0.15, 0.2) is 11.5 Å². The topological polar surface area (TPSA) is 133 Å². The quantitative estimate of drug-likeness (QED) is 0.576. The minimum Gasteiger partial charge on any atom is -0.493 e. The smallest absolute Gasteiger partial charge is 0.355 e. The fourth-order valence-electron chi connectivity index (χ4n) is 4.14. The number of nitriles is 1. The lowest BCUT2D eigenvalue weighted by Gasteiger charge is -2.36. The van der Waals surface area contributed by atoms with Crippen LogP contribution in [0.3, 0.4) is 0 Å². The molecule has 2 aliphatic heterocycles. The van der Waals surface area contributed by atoms with Crippen LogP contribution in [0.25, 0.3) is 0 Å². The van der Waals surface area contributed by atoms with Gasteiger partial charge in [0.05, 0.1) is 63.4 Å². The Labute approximate surface area is 208 Å². The van der Waals surface area contributed by atoms with E-state index in [9.17, 15) is 14.9 Å². The summed E-state index contributed by atoms with van der Waals surface area (Å²) < 4.78 is 26.6. The second-order valence-electron chi connectivity index (χ2n) is 7.95. The van der Waals surface area contributed by atoms with Gasteiger partial charge >= 0.3 is 11.9 Å². The molecule has 0 aromatic heterocycles. The van der Waals surface area contributed by atoms with Crippen molar-refractivity contribution in [2.75, 3.05) is 39.4 Å². The van der Waals surface area contributed by atoms with Gasteiger partial charge < -0.3 is 29.4 Å². The van der Waals surface area contributed by atoms with Crippen molar-refractivity contribution in [2.45, 2.75) is 12.0 Å². The lowest BCUT2D eigenvalue weighted by molar-refractivity contribution is -0.139. The van der Waals surface area contributed by atoms with Gasteiger partial charge in [-0.05, 0) is 17.7 Å². The summed E-state index contributed by atoms with van der Waals surface area (Å²) in [6.07, 6.45) is -0.0991. The van der Waals surface area contributed by atoms with Gasteiger partial charge in [-0.2, -0.15) is 5.26 Å². The molecule has 2 aromatic carbocycles. The van der Waals surface area contributed by atoms with Crippen LogP contribution in [0.1, 0.15) is 11.5 Å². The van der Waals surface area contributed by atoms with Crippen LogP contribution in [0, 0.1) is 11.3 Å². The molecule has 1 unspecified atom stereocenters. The largest absolute Gasteiger partial charge is 0.493 e. The first-order valence-electron chi connectivity index (χ1n) is 11.0. The summed E-state index contributed by atoms with van der Waals surface area (Å²) >= 11 is 0. The number of hydrogen-bond acceptors (Lipinski definition) is 10. The molecule has 2 aromatic rings. The molecule has 186 valence electrons. The SMILES string of the molecule is COC(=O)C1=C(C(=O)OC)N(c2ccc(OC3COC3)c(OC)c2)C(N)=C(C#N)C1c1ccccc1. The number of carbonyl (C=O) groups is 2. The molecule has 2 aliphatic rings. The van der Waals surface area contributed by atoms with Gasteiger partial charge in [-0.15, -0.1) is 0 Å². The highest BCUT2D eigenvalue weighted by atomic mass is 16.6. The Morgan fingerprint density at radius 2 is 1.72 bits per heavy atom. The molecule has 2 N–H and O–H groups in total. The Morgan fingerprint density at radius 3 is 2.28 bits per heavy atom. The van der Waals surface area contributed by atoms with Crippen molar-refractivity contribution in [3.8, 4) is 17.6 Å². The highest BCUT2D eigenvalue weighted by Crippen LogP contribution is 2.44. The Hall–Kier alpha value is -4.49. The first-order valence-corrected chi connectivity index (χ1v) is 11.0. The average Bonchev–Trinajstić information content (AvgIpc) is 2.89. The monoisotopic (exact) mass is 491 g/mol. The summed E-state index contributed by atoms with van der Waals surface area (Å²) in [6.45, 7) is 0.938. The van der Waals surface area contributed by atoms with Crippen LogP contribution in [0.4, 0.5) is 5.69 Å². The van der Waals surface area contributed by atoms with E-state index in [1.807, 2.05) is 0 Å². The van der Waals surface area contributed by atoms with Crippen molar-refractivity contribution in [2.24, 2.45) is 5.73 Å². The van der Waals surface area contributed by atoms with Gasteiger partial charge in [0.2, 0.25) is 0 Å². The fourth-order valence-corrected chi connectivity index (χ4v) is 4.14. The predicted molar refractivity (Wildman–Crippen MR) is 128 cm³/mol. The lowest BCUT2D eigenvalue weighted by atomic mass is 9.81. The van der Waals surface area contributed by atoms with E-state index >= 15 is 0 Å². The van der Waals surface area contributed by atoms with Crippen LogP contribution in [0.5, 0.6) is 11.5 Å². The van der Waals surface area contributed by atoms with Gasteiger partial charge in [-0.1, -0.05) is 30.3 Å². The van der Waals surface area contributed by atoms with Crippen LogP contribution >= 0.6 is 0 Å². The maximum Gasteiger partial charge on any atom is 0.355 e. The van der Waals surface area contributed by atoms with Crippen molar-refractivity contribution < 1.29 is 33.3 Å². The summed E-state index contributed by atoms with van der Waals surface area (Å²) in [6, 6.07) is 15.8. The van der Waals surface area contributed by atoms with Gasteiger partial charge in [0.1, 0.15) is 17.6 Å². The average molecular weight is 492 g/mol. The Morgan fingerprint density at radius 1 is 1.03 bits per heavy atom. The van der Waals surface area contributed by atoms with Crippen molar-refractivity contribution in [3.63, 3.8) is 0 Å². The third kappa shape index (κ3) is 4.32. The molecule has 2 heterocycles. The molecule has 4 rings (SSSR count). The van der Waals surface area contributed by atoms with E-state index in [0.717, 1.165) is 0 Å². The molecular weight excluding hydrogens is 466 g/mol. The standard InChI is InChI=1S/C26H25N3O7/c1-32-20-11-16(9-10-19(20)36-17-13-35-14-17)29-23(26(31)34-3)22(25(30)33-2)21(18(12-27)24(29)28)15-7-5-4-6-8-15/h4-11,17,21H,13-14,28H2,1-3H3. The molecule has 1 fully saturated rings. The van der Waals surface area contributed by atoms with Crippen molar-refractivity contribution in [1.82, 2.24) is 0 Å². The minimum atomic E-state index is -0.947. The third-order valence-corrected chi connectivity index (χ3v) is 5.92. The second-order valence-corrected chi connectivity index (χ2v) is 7.95. The number of anilines is 1. The Bertz CT molecular complexity index is 1280. The van der Waals surface area contributed by atoms with Crippen molar-refractivity contribution >= 4 is 17.6 Å². The van der Waals surface area contributed by atoms with E-state index in [1.54, 1.807) is 48.5 Å². The number of nitrogens with zero attached hydrogens (tertiary/aromatic N) is 2. The molecule has 36 heavy (non-hydrogen) atoms. The van der Waals surface area contributed by atoms with E-state index in [-0.39, 0.29) is 28.8 Å². The second kappa shape index (κ2) is 10.4. The molecule has 0 saturated carbocycles. The number of benzene rings is 2. The maximum atomic E-state index is 13.2. The van der Waals surface area contributed by atoms with Gasteiger partial charge in [0, 0.05) is 6.07 Å². The predicted octanol–water partition coefficient (Wildman–Crippen LogP) is 2.37. The highest BCUT2D eigenvalue weighted by molar-refractivity contribution is 6.06. The number of rotatable bonds is 7. The number of carbonyl (C=O) groups excluding carboxylic acids is 2. The van der Waals surface area contributed by atoms with Crippen LogP contribution in [0.2, 0.25) is 0 Å². The maximum absolute atomic E-state index is 13.2. The molecule has 1 saturated heterocycles. The van der Waals surface area contributed by atoms with E-state index in [0.29, 0.717) is 36.0 Å². The molecule has 10 heteroatoms. The van der Waals surface area contributed by atoms with Gasteiger partial charge in [0.25, 0.3) is 0 Å². The van der Waals surface area contributed by atoms with Gasteiger partial charge in [-0.3, -0.25) is 4.90 Å². The Kier molecular flexibility index (Phi) is 7.12. The number of methoxy groups -OCH3 is 3. The zero-order chi connectivity index (χ0) is 25.8. The number of allylic oxidation sites excluding steroid dienone is 1. The highest BCUT2D eigenvalue weighted by Gasteiger charge is 2.43. The van der Waals surface area contributed by atoms with Crippen molar-refractivity contribution in [1.29, 1.82) is 5.26 Å². The zero-order valence-corrected chi connectivity index (χ0v) is 20.0. The molecule has 0 bridgehead atoms. The number of nitrogens with two attached hydrogens (primary N) is 1. The number of ether oxygens (including phenoxy) is 5. The zero-order valence-electron chi connectivity index (χ0n) is 20.0. The van der Waals surface area contributed by atoms with E-state index in [2.05, 4.69) is 6.07 Å². The van der Waals surface area contributed by atoms with Crippen LogP contribution in [-0.4, -0.2) is 52.6 Å². The summed E-state index contributed by atoms with van der Waals surface area (Å²) in [5, 5.41) is 10.1. The van der Waals surface area contributed by atoms with E-state index in [4.69, 9.17) is 29.4 Å². The summed E-state index contributed by atoms with van der Waals surface area (Å²) in [5.41, 5.74) is 7.28. The molecule has 0 aliphatic carbocycles. The van der Waals surface area contributed by atoms with Crippen LogP contribution in [-0.2, 0) is 23.8 Å². The minimum absolute atomic E-state index is 0.0393. The first-order chi connectivity index (χ1) is 17.4. The normalized spacial score (nSPS) is 17.7. The Balaban J connectivity index is 1.94. The molecule has 0 amide bonds. The van der Waals surface area contributed by atoms with E-state index < -0.39 is 17.9 Å². The molecular formula is C26H25N3O7. The fraction of sp³-hybridized carbons (Fsp3) is 0.269.